The maximum atomic E-state index is 14.7. The van der Waals surface area contributed by atoms with E-state index in [1.165, 1.54) is 30.3 Å². The number of carbonyl (C=O) groups excluding carboxylic acids is 2. The fourth-order valence-electron chi connectivity index (χ4n) is 5.51. The lowest BCUT2D eigenvalue weighted by molar-refractivity contribution is -0.132. The van der Waals surface area contributed by atoms with Gasteiger partial charge in [-0.05, 0) is 55.9 Å². The van der Waals surface area contributed by atoms with Crippen molar-refractivity contribution in [3.05, 3.63) is 82.1 Å². The Morgan fingerprint density at radius 3 is 2.62 bits per heavy atom. The second-order valence-corrected chi connectivity index (χ2v) is 10.4. The van der Waals surface area contributed by atoms with Crippen LogP contribution in [0.25, 0.3) is 0 Å². The number of aromatic nitrogens is 2. The number of pyridine rings is 2. The van der Waals surface area contributed by atoms with Crippen LogP contribution in [0.3, 0.4) is 0 Å². The molecule has 8 nitrogen and oxygen atoms in total. The lowest BCUT2D eigenvalue weighted by Gasteiger charge is -2.32. The molecule has 3 aromatic rings. The minimum atomic E-state index is -2.92. The van der Waals surface area contributed by atoms with Crippen molar-refractivity contribution in [1.29, 1.82) is 0 Å². The van der Waals surface area contributed by atoms with Crippen molar-refractivity contribution in [3.8, 4) is 5.75 Å². The van der Waals surface area contributed by atoms with E-state index in [0.29, 0.717) is 37.1 Å². The van der Waals surface area contributed by atoms with Gasteiger partial charge in [0.2, 0.25) is 0 Å². The summed E-state index contributed by atoms with van der Waals surface area (Å²) in [5.74, 6) is -1.67. The lowest BCUT2D eigenvalue weighted by atomic mass is 9.85. The van der Waals surface area contributed by atoms with Crippen LogP contribution in [0.15, 0.2) is 48.9 Å². The molecule has 0 radical (unpaired) electrons. The maximum absolute atomic E-state index is 14.7. The van der Waals surface area contributed by atoms with Crippen LogP contribution in [0.5, 0.6) is 5.75 Å². The molecule has 1 fully saturated rings. The summed E-state index contributed by atoms with van der Waals surface area (Å²) in [5.41, 5.74) is -2.64. The Morgan fingerprint density at radius 2 is 1.95 bits per heavy atom. The molecule has 1 aliphatic heterocycles. The number of nitrogens with one attached hydrogen (secondary N) is 1. The van der Waals surface area contributed by atoms with Gasteiger partial charge in [0.05, 0.1) is 29.6 Å². The molecule has 1 aromatic carbocycles. The van der Waals surface area contributed by atoms with E-state index in [2.05, 4.69) is 15.3 Å². The number of amides is 2. The van der Waals surface area contributed by atoms with Crippen LogP contribution in [0.2, 0.25) is 5.02 Å². The van der Waals surface area contributed by atoms with E-state index in [1.54, 1.807) is 18.2 Å². The molecule has 0 bridgehead atoms. The van der Waals surface area contributed by atoms with E-state index in [9.17, 15) is 27.9 Å². The number of aliphatic hydroxyl groups is 1. The highest BCUT2D eigenvalue weighted by Gasteiger charge is 2.53. The minimum absolute atomic E-state index is 0.00486. The number of rotatable bonds is 7. The number of alkyl halides is 2. The van der Waals surface area contributed by atoms with Gasteiger partial charge in [-0.2, -0.15) is 0 Å². The van der Waals surface area contributed by atoms with Gasteiger partial charge < -0.3 is 20.1 Å². The Bertz CT molecular complexity index is 1450. The van der Waals surface area contributed by atoms with Crippen LogP contribution in [0.1, 0.15) is 59.3 Å². The van der Waals surface area contributed by atoms with Gasteiger partial charge >= 0.3 is 0 Å². The van der Waals surface area contributed by atoms with Crippen molar-refractivity contribution in [3.63, 3.8) is 0 Å². The number of hydrogen-bond donors (Lipinski definition) is 2. The number of methoxy groups -OCH3 is 1. The van der Waals surface area contributed by atoms with Gasteiger partial charge in [-0.3, -0.25) is 19.6 Å². The first-order valence-corrected chi connectivity index (χ1v) is 13.1. The third-order valence-electron chi connectivity index (χ3n) is 7.56. The van der Waals surface area contributed by atoms with E-state index in [-0.39, 0.29) is 40.2 Å². The SMILES string of the molecule is COc1ccc2c(c1)N(C[C@H]1CC[C@H](NC(=O)c3cc(Cl)cnc3C(F)F)CC1)C(=O)C2(O)c1ccncc1F. The Labute approximate surface area is 233 Å². The van der Waals surface area contributed by atoms with Crippen LogP contribution in [0, 0.1) is 11.7 Å². The van der Waals surface area contributed by atoms with Crippen molar-refractivity contribution >= 4 is 29.1 Å². The molecule has 5 rings (SSSR count). The number of carbonyl (C=O) groups is 2. The molecule has 0 saturated heterocycles. The van der Waals surface area contributed by atoms with Crippen molar-refractivity contribution in [2.24, 2.45) is 5.92 Å². The van der Waals surface area contributed by atoms with Gasteiger partial charge in [-0.1, -0.05) is 11.6 Å². The van der Waals surface area contributed by atoms with Crippen LogP contribution in [-0.2, 0) is 10.4 Å². The summed E-state index contributed by atoms with van der Waals surface area (Å²) in [6, 6.07) is 6.98. The molecule has 210 valence electrons. The molecule has 1 unspecified atom stereocenters. The first-order valence-electron chi connectivity index (χ1n) is 12.7. The third kappa shape index (κ3) is 4.99. The molecular weight excluding hydrogens is 549 g/mol. The highest BCUT2D eigenvalue weighted by Crippen LogP contribution is 2.47. The van der Waals surface area contributed by atoms with Crippen LogP contribution in [0.4, 0.5) is 18.9 Å². The number of benzene rings is 1. The smallest absolute Gasteiger partial charge is 0.281 e. The molecule has 40 heavy (non-hydrogen) atoms. The summed E-state index contributed by atoms with van der Waals surface area (Å²) in [6.45, 7) is 0.252. The zero-order valence-electron chi connectivity index (χ0n) is 21.4. The third-order valence-corrected chi connectivity index (χ3v) is 7.77. The largest absolute Gasteiger partial charge is 0.497 e. The molecule has 2 aromatic heterocycles. The van der Waals surface area contributed by atoms with Crippen molar-refractivity contribution in [2.75, 3.05) is 18.6 Å². The number of halogens is 4. The Hall–Kier alpha value is -3.70. The zero-order valence-corrected chi connectivity index (χ0v) is 22.2. The Kier molecular flexibility index (Phi) is 7.70. The topological polar surface area (TPSA) is 105 Å². The minimum Gasteiger partial charge on any atom is -0.497 e. The Balaban J connectivity index is 1.31. The molecule has 1 saturated carbocycles. The number of nitrogens with zero attached hydrogens (tertiary/aromatic N) is 3. The van der Waals surface area contributed by atoms with Crippen LogP contribution in [-0.4, -0.2) is 46.6 Å². The second-order valence-electron chi connectivity index (χ2n) is 9.94. The predicted molar refractivity (Wildman–Crippen MR) is 140 cm³/mol. The van der Waals surface area contributed by atoms with Gasteiger partial charge in [0.25, 0.3) is 18.2 Å². The fraction of sp³-hybridized carbons (Fsp3) is 0.357. The van der Waals surface area contributed by atoms with Gasteiger partial charge in [-0.15, -0.1) is 0 Å². The molecule has 3 heterocycles. The average Bonchev–Trinajstić information content (AvgIpc) is 3.15. The van der Waals surface area contributed by atoms with Gasteiger partial charge in [0.15, 0.2) is 5.60 Å². The summed E-state index contributed by atoms with van der Waals surface area (Å²) in [6.07, 6.45) is 2.74. The molecule has 1 aliphatic carbocycles. The summed E-state index contributed by atoms with van der Waals surface area (Å²) in [7, 11) is 1.48. The molecule has 12 heteroatoms. The standard InChI is InChI=1S/C28H26ClF3N4O4/c1-40-18-6-7-21-23(11-18)36(27(38)28(21,39)20-8-9-33-13-22(20)30)14-15-2-4-17(5-3-15)35-26(37)19-10-16(29)12-34-24(19)25(31)32/h6-13,15,17,25,39H,2-5,14H2,1H3,(H,35,37)/t15-,17-,28?. The Morgan fingerprint density at radius 1 is 1.20 bits per heavy atom. The zero-order chi connectivity index (χ0) is 28.6. The monoisotopic (exact) mass is 574 g/mol. The summed E-state index contributed by atoms with van der Waals surface area (Å²) < 4.78 is 46.8. The van der Waals surface area contributed by atoms with Crippen molar-refractivity contribution in [1.82, 2.24) is 15.3 Å². The molecule has 1 atom stereocenters. The van der Waals surface area contributed by atoms with Crippen molar-refractivity contribution in [2.45, 2.75) is 43.8 Å². The molecule has 0 spiro atoms. The quantitative estimate of drug-likeness (QED) is 0.421. The molecule has 2 aliphatic rings. The molecular formula is C28H26ClF3N4O4. The average molecular weight is 575 g/mol. The summed E-state index contributed by atoms with van der Waals surface area (Å²) >= 11 is 5.87. The van der Waals surface area contributed by atoms with Gasteiger partial charge in [0.1, 0.15) is 17.3 Å². The van der Waals surface area contributed by atoms with Crippen molar-refractivity contribution < 1.29 is 32.6 Å². The highest BCUT2D eigenvalue weighted by molar-refractivity contribution is 6.30. The molecule has 2 N–H and O–H groups in total. The normalized spacial score (nSPS) is 22.4. The van der Waals surface area contributed by atoms with E-state index < -0.39 is 35.4 Å². The molecule has 2 amide bonds. The first kappa shape index (κ1) is 27.9. The fourth-order valence-corrected chi connectivity index (χ4v) is 5.67. The number of fused-ring (bicyclic) bond motifs is 1. The maximum Gasteiger partial charge on any atom is 0.281 e. The number of ether oxygens (including phenoxy) is 1. The lowest BCUT2D eigenvalue weighted by Crippen LogP contribution is -2.45. The van der Waals surface area contributed by atoms with Gasteiger partial charge in [-0.25, -0.2) is 13.2 Å². The predicted octanol–water partition coefficient (Wildman–Crippen LogP) is 4.79. The van der Waals surface area contributed by atoms with Gasteiger partial charge in [0, 0.05) is 42.2 Å². The van der Waals surface area contributed by atoms with E-state index >= 15 is 0 Å². The number of anilines is 1. The van der Waals surface area contributed by atoms with Crippen LogP contribution >= 0.6 is 11.6 Å². The second kappa shape index (κ2) is 11.1. The summed E-state index contributed by atoms with van der Waals surface area (Å²) in [4.78, 5) is 35.2. The van der Waals surface area contributed by atoms with E-state index in [4.69, 9.17) is 16.3 Å². The van der Waals surface area contributed by atoms with E-state index in [0.717, 1.165) is 12.4 Å². The highest BCUT2D eigenvalue weighted by atomic mass is 35.5. The van der Waals surface area contributed by atoms with Crippen LogP contribution < -0.4 is 15.0 Å². The number of hydrogen-bond acceptors (Lipinski definition) is 6. The first-order chi connectivity index (χ1) is 19.1. The van der Waals surface area contributed by atoms with E-state index in [1.807, 2.05) is 0 Å². The summed E-state index contributed by atoms with van der Waals surface area (Å²) in [5, 5.41) is 14.5.